The van der Waals surface area contributed by atoms with Gasteiger partial charge in [0.05, 0.1) is 12.0 Å². The lowest BCUT2D eigenvalue weighted by Gasteiger charge is -2.11. The second-order valence-electron chi connectivity index (χ2n) is 7.09. The number of carbonyl (C=O) groups excluding carboxylic acids is 1. The van der Waals surface area contributed by atoms with Crippen LogP contribution >= 0.6 is 0 Å². The summed E-state index contributed by atoms with van der Waals surface area (Å²) >= 11 is 0. The zero-order valence-electron chi connectivity index (χ0n) is 15.5. The number of amides is 1. The van der Waals surface area contributed by atoms with Crippen LogP contribution < -0.4 is 5.32 Å². The van der Waals surface area contributed by atoms with Crippen molar-refractivity contribution in [3.63, 3.8) is 0 Å². The highest BCUT2D eigenvalue weighted by Crippen LogP contribution is 2.38. The average Bonchev–Trinajstić information content (AvgIpc) is 3.31. The van der Waals surface area contributed by atoms with E-state index in [2.05, 4.69) is 28.5 Å². The fourth-order valence-corrected chi connectivity index (χ4v) is 3.88. The number of benzene rings is 3. The van der Waals surface area contributed by atoms with Gasteiger partial charge >= 0.3 is 0 Å². The van der Waals surface area contributed by atoms with Gasteiger partial charge in [0.2, 0.25) is 0 Å². The summed E-state index contributed by atoms with van der Waals surface area (Å²) in [5.74, 6) is -0.0800. The molecule has 0 saturated heterocycles. The van der Waals surface area contributed by atoms with Gasteiger partial charge in [-0.05, 0) is 59.9 Å². The van der Waals surface area contributed by atoms with Gasteiger partial charge in [-0.3, -0.25) is 4.79 Å². The number of hydrogen-bond acceptors (Lipinski definition) is 2. The van der Waals surface area contributed by atoms with E-state index in [4.69, 9.17) is 0 Å². The van der Waals surface area contributed by atoms with E-state index < -0.39 is 0 Å². The van der Waals surface area contributed by atoms with Gasteiger partial charge in [0.1, 0.15) is 0 Å². The van der Waals surface area contributed by atoms with Gasteiger partial charge in [0, 0.05) is 23.1 Å². The smallest absolute Gasteiger partial charge is 0.255 e. The molecule has 0 fully saturated rings. The highest BCUT2D eigenvalue weighted by Gasteiger charge is 2.23. The van der Waals surface area contributed by atoms with Crippen LogP contribution in [-0.4, -0.2) is 15.5 Å². The Morgan fingerprint density at radius 2 is 1.82 bits per heavy atom. The van der Waals surface area contributed by atoms with E-state index in [9.17, 15) is 4.79 Å². The first kappa shape index (κ1) is 16.5. The molecule has 136 valence electrons. The number of nitrogens with one attached hydrogen (secondary N) is 1. The molecule has 1 aliphatic rings. The molecule has 3 aromatic carbocycles. The Morgan fingerprint density at radius 3 is 2.68 bits per heavy atom. The number of carbonyl (C=O) groups is 1. The minimum absolute atomic E-state index is 0.0800. The van der Waals surface area contributed by atoms with E-state index in [0.29, 0.717) is 0 Å². The maximum absolute atomic E-state index is 13.0. The highest BCUT2D eigenvalue weighted by atomic mass is 16.1. The van der Waals surface area contributed by atoms with E-state index in [1.165, 1.54) is 11.1 Å². The zero-order valence-corrected chi connectivity index (χ0v) is 15.5. The fraction of sp³-hybridized carbons (Fsp3) is 0.0833. The molecule has 0 unspecified atom stereocenters. The summed E-state index contributed by atoms with van der Waals surface area (Å²) in [7, 11) is 0. The molecule has 1 N–H and O–H groups in total. The average molecular weight is 365 g/mol. The number of aryl methyl sites for hydroxylation is 1. The van der Waals surface area contributed by atoms with Gasteiger partial charge in [0.25, 0.3) is 5.91 Å². The van der Waals surface area contributed by atoms with E-state index in [0.717, 1.165) is 40.2 Å². The van der Waals surface area contributed by atoms with Crippen LogP contribution in [0.25, 0.3) is 16.8 Å². The predicted molar refractivity (Wildman–Crippen MR) is 111 cm³/mol. The molecule has 5 rings (SSSR count). The molecule has 1 aliphatic carbocycles. The minimum Gasteiger partial charge on any atom is -0.322 e. The van der Waals surface area contributed by atoms with E-state index in [-0.39, 0.29) is 5.91 Å². The summed E-state index contributed by atoms with van der Waals surface area (Å²) < 4.78 is 1.95. The number of hydrogen-bond donors (Lipinski definition) is 1. The van der Waals surface area contributed by atoms with Crippen molar-refractivity contribution in [2.75, 3.05) is 5.32 Å². The van der Waals surface area contributed by atoms with Crippen molar-refractivity contribution < 1.29 is 4.79 Å². The van der Waals surface area contributed by atoms with E-state index >= 15 is 0 Å². The number of imidazole rings is 1. The van der Waals surface area contributed by atoms with Crippen molar-refractivity contribution in [2.45, 2.75) is 13.3 Å². The molecule has 4 heteroatoms. The zero-order chi connectivity index (χ0) is 19.1. The second-order valence-corrected chi connectivity index (χ2v) is 7.09. The molecule has 4 aromatic rings. The molecule has 0 aliphatic heterocycles. The van der Waals surface area contributed by atoms with Crippen LogP contribution in [0.2, 0.25) is 0 Å². The molecule has 0 saturated carbocycles. The number of anilines is 1. The van der Waals surface area contributed by atoms with Gasteiger partial charge in [-0.2, -0.15) is 0 Å². The SMILES string of the molecule is Cc1cn(-c2cccc(NC(=O)c3cccc4c3Cc3ccccc3-4)c2)cn1. The molecule has 0 radical (unpaired) electrons. The molecular weight excluding hydrogens is 346 g/mol. The molecular formula is C24H19N3O. The molecule has 28 heavy (non-hydrogen) atoms. The van der Waals surface area contributed by atoms with Gasteiger partial charge in [-0.25, -0.2) is 4.98 Å². The van der Waals surface area contributed by atoms with Crippen LogP contribution in [0, 0.1) is 6.92 Å². The monoisotopic (exact) mass is 365 g/mol. The van der Waals surface area contributed by atoms with E-state index in [1.54, 1.807) is 6.33 Å². The minimum atomic E-state index is -0.0800. The Bertz CT molecular complexity index is 1210. The first-order valence-corrected chi connectivity index (χ1v) is 9.31. The largest absolute Gasteiger partial charge is 0.322 e. The van der Waals surface area contributed by atoms with Crippen LogP contribution in [0.15, 0.2) is 79.3 Å². The van der Waals surface area contributed by atoms with Gasteiger partial charge in [0.15, 0.2) is 0 Å². The molecule has 4 nitrogen and oxygen atoms in total. The first-order valence-electron chi connectivity index (χ1n) is 9.31. The molecule has 0 bridgehead atoms. The van der Waals surface area contributed by atoms with Crippen LogP contribution in [0.4, 0.5) is 5.69 Å². The van der Waals surface area contributed by atoms with Crippen molar-refractivity contribution in [1.29, 1.82) is 0 Å². The fourth-order valence-electron chi connectivity index (χ4n) is 3.88. The van der Waals surface area contributed by atoms with Gasteiger partial charge in [-0.1, -0.05) is 42.5 Å². The van der Waals surface area contributed by atoms with E-state index in [1.807, 2.05) is 66.2 Å². The molecule has 1 aromatic heterocycles. The quantitative estimate of drug-likeness (QED) is 0.489. The van der Waals surface area contributed by atoms with Gasteiger partial charge in [-0.15, -0.1) is 0 Å². The lowest BCUT2D eigenvalue weighted by molar-refractivity contribution is 0.102. The predicted octanol–water partition coefficient (Wildman–Crippen LogP) is 5.00. The first-order chi connectivity index (χ1) is 13.7. The summed E-state index contributed by atoms with van der Waals surface area (Å²) in [6.07, 6.45) is 4.53. The Hall–Kier alpha value is -3.66. The van der Waals surface area contributed by atoms with Crippen molar-refractivity contribution in [3.05, 3.63) is 102 Å². The Kier molecular flexibility index (Phi) is 3.83. The summed E-state index contributed by atoms with van der Waals surface area (Å²) in [5.41, 5.74) is 8.17. The van der Waals surface area contributed by atoms with Gasteiger partial charge < -0.3 is 9.88 Å². The standard InChI is InChI=1S/C24H19N3O/c1-16-14-27(15-25-16)19-8-4-7-18(13-19)26-24(28)22-11-5-10-21-20-9-3-2-6-17(20)12-23(21)22/h2-11,13-15H,12H2,1H3,(H,26,28). The molecule has 0 spiro atoms. The third-order valence-electron chi connectivity index (χ3n) is 5.21. The Labute approximate surface area is 163 Å². The molecule has 1 heterocycles. The Balaban J connectivity index is 1.45. The van der Waals surface area contributed by atoms with Crippen LogP contribution in [0.3, 0.4) is 0 Å². The summed E-state index contributed by atoms with van der Waals surface area (Å²) in [6.45, 7) is 1.95. The second kappa shape index (κ2) is 6.50. The molecule has 1 amide bonds. The van der Waals surface area contributed by atoms with Crippen molar-refractivity contribution in [3.8, 4) is 16.8 Å². The van der Waals surface area contributed by atoms with Crippen molar-refractivity contribution in [2.24, 2.45) is 0 Å². The topological polar surface area (TPSA) is 46.9 Å². The van der Waals surface area contributed by atoms with Crippen molar-refractivity contribution in [1.82, 2.24) is 9.55 Å². The maximum Gasteiger partial charge on any atom is 0.255 e. The maximum atomic E-state index is 13.0. The number of fused-ring (bicyclic) bond motifs is 3. The lowest BCUT2D eigenvalue weighted by atomic mass is 10.0. The summed E-state index contributed by atoms with van der Waals surface area (Å²) in [5, 5.41) is 3.06. The van der Waals surface area contributed by atoms with Crippen LogP contribution in [-0.2, 0) is 6.42 Å². The summed E-state index contributed by atoms with van der Waals surface area (Å²) in [4.78, 5) is 17.3. The summed E-state index contributed by atoms with van der Waals surface area (Å²) in [6, 6.07) is 22.1. The van der Waals surface area contributed by atoms with Crippen molar-refractivity contribution >= 4 is 11.6 Å². The highest BCUT2D eigenvalue weighted by molar-refractivity contribution is 6.07. The Morgan fingerprint density at radius 1 is 1.00 bits per heavy atom. The number of nitrogens with zero attached hydrogens (tertiary/aromatic N) is 2. The van der Waals surface area contributed by atoms with Crippen LogP contribution in [0.5, 0.6) is 0 Å². The number of rotatable bonds is 3. The lowest BCUT2D eigenvalue weighted by Crippen LogP contribution is -2.14. The number of aromatic nitrogens is 2. The third kappa shape index (κ3) is 2.79. The van der Waals surface area contributed by atoms with Crippen LogP contribution in [0.1, 0.15) is 27.2 Å². The normalized spacial score (nSPS) is 11.8. The third-order valence-corrected chi connectivity index (χ3v) is 5.21. The molecule has 0 atom stereocenters.